The van der Waals surface area contributed by atoms with Gasteiger partial charge < -0.3 is 4.90 Å². The molecule has 0 aliphatic carbocycles. The molecule has 1 heteroatoms. The molecule has 0 unspecified atom stereocenters. The predicted molar refractivity (Wildman–Crippen MR) is 243 cm³/mol. The zero-order valence-corrected chi connectivity index (χ0v) is 31.5. The Morgan fingerprint density at radius 1 is 0.228 bits per heavy atom. The van der Waals surface area contributed by atoms with Crippen LogP contribution in [0.1, 0.15) is 0 Å². The summed E-state index contributed by atoms with van der Waals surface area (Å²) in [5.74, 6) is 0. The largest absolute Gasteiger partial charge is 0.309 e. The Kier molecular flexibility index (Phi) is 8.95. The van der Waals surface area contributed by atoms with Crippen molar-refractivity contribution in [2.24, 2.45) is 0 Å². The summed E-state index contributed by atoms with van der Waals surface area (Å²) in [4.78, 5) is 2.53. The van der Waals surface area contributed by atoms with Gasteiger partial charge in [-0.25, -0.2) is 0 Å². The molecule has 10 aromatic rings. The lowest BCUT2D eigenvalue weighted by atomic mass is 9.84. The van der Waals surface area contributed by atoms with Crippen LogP contribution in [-0.4, -0.2) is 0 Å². The molecule has 0 N–H and O–H groups in total. The quantitative estimate of drug-likeness (QED) is 0.141. The minimum atomic E-state index is 1.10. The summed E-state index contributed by atoms with van der Waals surface area (Å²) in [5, 5.41) is 4.88. The van der Waals surface area contributed by atoms with Crippen molar-refractivity contribution in [3.05, 3.63) is 237 Å². The van der Waals surface area contributed by atoms with E-state index in [1.807, 2.05) is 0 Å². The third kappa shape index (κ3) is 6.26. The minimum absolute atomic E-state index is 1.10. The van der Waals surface area contributed by atoms with Crippen LogP contribution in [0.4, 0.5) is 17.1 Å². The molecule has 0 heterocycles. The van der Waals surface area contributed by atoms with E-state index in [9.17, 15) is 0 Å². The van der Waals surface area contributed by atoms with E-state index in [0.717, 1.165) is 33.8 Å². The van der Waals surface area contributed by atoms with E-state index in [4.69, 9.17) is 0 Å². The fourth-order valence-corrected chi connectivity index (χ4v) is 8.52. The third-order valence-corrected chi connectivity index (χ3v) is 11.1. The van der Waals surface area contributed by atoms with Crippen LogP contribution in [0, 0.1) is 0 Å². The number of nitrogens with zero attached hydrogens (tertiary/aromatic N) is 1. The standard InChI is InChI=1S/C56H39N/c1-6-21-40(22-7-1)45-37-38-52(50(39-45)42-25-10-3-11-26-42)57(51-35-19-18-31-46(51)41-23-8-2-9-24-41)53-36-20-34-49-47-32-16-17-33-48(47)54(43-27-12-4-13-28-43)55(56(49)53)44-29-14-5-15-30-44/h1-39H. The van der Waals surface area contributed by atoms with Crippen LogP contribution in [0.15, 0.2) is 237 Å². The average Bonchev–Trinajstić information content (AvgIpc) is 3.30. The molecule has 0 aromatic heterocycles. The highest BCUT2D eigenvalue weighted by Crippen LogP contribution is 2.52. The van der Waals surface area contributed by atoms with Gasteiger partial charge in [0.25, 0.3) is 0 Å². The fourth-order valence-electron chi connectivity index (χ4n) is 8.52. The van der Waals surface area contributed by atoms with Crippen LogP contribution in [0.5, 0.6) is 0 Å². The lowest BCUT2D eigenvalue weighted by Gasteiger charge is -2.32. The molecular formula is C56H39N. The van der Waals surface area contributed by atoms with Gasteiger partial charge in [0.2, 0.25) is 0 Å². The topological polar surface area (TPSA) is 3.24 Å². The molecule has 0 saturated heterocycles. The summed E-state index contributed by atoms with van der Waals surface area (Å²) in [6.07, 6.45) is 0. The second kappa shape index (κ2) is 15.0. The molecule has 0 aliphatic heterocycles. The lowest BCUT2D eigenvalue weighted by Crippen LogP contribution is -2.13. The van der Waals surface area contributed by atoms with E-state index in [-0.39, 0.29) is 0 Å². The second-order valence-corrected chi connectivity index (χ2v) is 14.4. The molecule has 0 saturated carbocycles. The Bertz CT molecular complexity index is 2970. The van der Waals surface area contributed by atoms with E-state index in [2.05, 4.69) is 241 Å². The molecule has 10 aromatic carbocycles. The number of benzene rings is 10. The normalized spacial score (nSPS) is 11.2. The highest BCUT2D eigenvalue weighted by atomic mass is 15.1. The van der Waals surface area contributed by atoms with Crippen molar-refractivity contribution in [3.63, 3.8) is 0 Å². The Balaban J connectivity index is 1.38. The number of para-hydroxylation sites is 1. The van der Waals surface area contributed by atoms with E-state index >= 15 is 0 Å². The average molecular weight is 726 g/mol. The van der Waals surface area contributed by atoms with Gasteiger partial charge in [-0.2, -0.15) is 0 Å². The SMILES string of the molecule is c1ccc(-c2ccc(N(c3ccccc3-c3ccccc3)c3cccc4c3c(-c3ccccc3)c(-c3ccccc3)c3ccccc34)c(-c3ccccc3)c2)cc1. The third-order valence-electron chi connectivity index (χ3n) is 11.1. The minimum Gasteiger partial charge on any atom is -0.309 e. The van der Waals surface area contributed by atoms with E-state index in [0.29, 0.717) is 0 Å². The predicted octanol–water partition coefficient (Wildman–Crippen LogP) is 15.8. The zero-order chi connectivity index (χ0) is 38.0. The Morgan fingerprint density at radius 3 is 1.30 bits per heavy atom. The van der Waals surface area contributed by atoms with Crippen LogP contribution in [0.25, 0.3) is 77.2 Å². The molecule has 0 radical (unpaired) electrons. The van der Waals surface area contributed by atoms with Crippen molar-refractivity contribution in [3.8, 4) is 55.6 Å². The first kappa shape index (κ1) is 34.0. The molecule has 57 heavy (non-hydrogen) atoms. The van der Waals surface area contributed by atoms with Gasteiger partial charge in [0.05, 0.1) is 17.1 Å². The first-order chi connectivity index (χ1) is 28.3. The van der Waals surface area contributed by atoms with E-state index in [1.54, 1.807) is 0 Å². The smallest absolute Gasteiger partial charge is 0.0547 e. The van der Waals surface area contributed by atoms with Crippen molar-refractivity contribution in [2.75, 3.05) is 4.90 Å². The molecule has 268 valence electrons. The lowest BCUT2D eigenvalue weighted by molar-refractivity contribution is 1.30. The van der Waals surface area contributed by atoms with Crippen LogP contribution in [0.3, 0.4) is 0 Å². The molecule has 0 amide bonds. The van der Waals surface area contributed by atoms with Gasteiger partial charge in [0.1, 0.15) is 0 Å². The number of hydrogen-bond acceptors (Lipinski definition) is 1. The highest BCUT2D eigenvalue weighted by molar-refractivity contribution is 6.25. The molecular weight excluding hydrogens is 687 g/mol. The summed E-state index contributed by atoms with van der Waals surface area (Å²) < 4.78 is 0. The summed E-state index contributed by atoms with van der Waals surface area (Å²) in [7, 11) is 0. The van der Waals surface area contributed by atoms with Gasteiger partial charge >= 0.3 is 0 Å². The van der Waals surface area contributed by atoms with Gasteiger partial charge in [-0.05, 0) is 79.4 Å². The van der Waals surface area contributed by atoms with Crippen molar-refractivity contribution in [1.82, 2.24) is 0 Å². The highest BCUT2D eigenvalue weighted by Gasteiger charge is 2.26. The van der Waals surface area contributed by atoms with E-state index in [1.165, 1.54) is 60.5 Å². The van der Waals surface area contributed by atoms with Gasteiger partial charge in [-0.1, -0.05) is 212 Å². The van der Waals surface area contributed by atoms with Gasteiger partial charge in [-0.3, -0.25) is 0 Å². The maximum Gasteiger partial charge on any atom is 0.0547 e. The Labute approximate surface area is 334 Å². The van der Waals surface area contributed by atoms with Gasteiger partial charge in [0, 0.05) is 22.1 Å². The molecule has 10 rings (SSSR count). The summed E-state index contributed by atoms with van der Waals surface area (Å²) in [5.41, 5.74) is 15.1. The molecule has 1 nitrogen and oxygen atoms in total. The monoisotopic (exact) mass is 725 g/mol. The van der Waals surface area contributed by atoms with Crippen LogP contribution >= 0.6 is 0 Å². The van der Waals surface area contributed by atoms with E-state index < -0.39 is 0 Å². The van der Waals surface area contributed by atoms with Crippen molar-refractivity contribution in [2.45, 2.75) is 0 Å². The Morgan fingerprint density at radius 2 is 0.667 bits per heavy atom. The van der Waals surface area contributed by atoms with Gasteiger partial charge in [-0.15, -0.1) is 0 Å². The zero-order valence-electron chi connectivity index (χ0n) is 31.5. The number of hydrogen-bond donors (Lipinski definition) is 0. The maximum atomic E-state index is 2.53. The van der Waals surface area contributed by atoms with Crippen molar-refractivity contribution >= 4 is 38.6 Å². The number of anilines is 3. The summed E-state index contributed by atoms with van der Waals surface area (Å²) >= 11 is 0. The second-order valence-electron chi connectivity index (χ2n) is 14.4. The first-order valence-electron chi connectivity index (χ1n) is 19.6. The molecule has 0 spiro atoms. The fraction of sp³-hybridized carbons (Fsp3) is 0. The molecule has 0 bridgehead atoms. The number of rotatable bonds is 8. The van der Waals surface area contributed by atoms with Crippen LogP contribution < -0.4 is 4.90 Å². The van der Waals surface area contributed by atoms with Crippen molar-refractivity contribution < 1.29 is 0 Å². The summed E-state index contributed by atoms with van der Waals surface area (Å²) in [6, 6.07) is 85.8. The molecule has 0 atom stereocenters. The van der Waals surface area contributed by atoms with Crippen molar-refractivity contribution in [1.29, 1.82) is 0 Å². The van der Waals surface area contributed by atoms with Crippen LogP contribution in [-0.2, 0) is 0 Å². The van der Waals surface area contributed by atoms with Gasteiger partial charge in [0.15, 0.2) is 0 Å². The van der Waals surface area contributed by atoms with Crippen LogP contribution in [0.2, 0.25) is 0 Å². The maximum absolute atomic E-state index is 2.53. The Hall–Kier alpha value is -7.48. The summed E-state index contributed by atoms with van der Waals surface area (Å²) in [6.45, 7) is 0. The molecule has 0 fully saturated rings. The first-order valence-corrected chi connectivity index (χ1v) is 19.6. The molecule has 0 aliphatic rings. The number of fused-ring (bicyclic) bond motifs is 3.